The van der Waals surface area contributed by atoms with E-state index in [1.807, 2.05) is 0 Å². The van der Waals surface area contributed by atoms with Crippen LogP contribution in [0.5, 0.6) is 0 Å². The minimum Gasteiger partial charge on any atom is -0.0622 e. The normalized spacial score (nSPS) is 14.4. The second-order valence-electron chi connectivity index (χ2n) is 8.50. The molecule has 0 heteroatoms. The van der Waals surface area contributed by atoms with Gasteiger partial charge < -0.3 is 0 Å². The molecule has 0 heterocycles. The maximum absolute atomic E-state index is 2.33. The van der Waals surface area contributed by atoms with Gasteiger partial charge in [0.1, 0.15) is 0 Å². The molecule has 5 aromatic carbocycles. The van der Waals surface area contributed by atoms with Crippen LogP contribution in [-0.4, -0.2) is 0 Å². The van der Waals surface area contributed by atoms with Crippen LogP contribution in [0, 0.1) is 0 Å². The van der Waals surface area contributed by atoms with Crippen LogP contribution in [0.25, 0.3) is 0 Å². The van der Waals surface area contributed by atoms with E-state index in [1.54, 1.807) is 0 Å². The van der Waals surface area contributed by atoms with E-state index in [-0.39, 0.29) is 11.3 Å². The first kappa shape index (κ1) is 18.8. The van der Waals surface area contributed by atoms with Gasteiger partial charge in [0, 0.05) is 5.92 Å². The Kier molecular flexibility index (Phi) is 4.51. The van der Waals surface area contributed by atoms with Crippen molar-refractivity contribution in [3.05, 3.63) is 178 Å². The number of hydrogen-bond acceptors (Lipinski definition) is 0. The maximum Gasteiger partial charge on any atom is 0.0707 e. The van der Waals surface area contributed by atoms with Crippen molar-refractivity contribution in [2.24, 2.45) is 0 Å². The van der Waals surface area contributed by atoms with Crippen molar-refractivity contribution >= 4 is 0 Å². The summed E-state index contributed by atoms with van der Waals surface area (Å²) in [7, 11) is 0. The van der Waals surface area contributed by atoms with E-state index >= 15 is 0 Å². The molecule has 1 aliphatic rings. The summed E-state index contributed by atoms with van der Waals surface area (Å²) in [5, 5.41) is 0. The number of benzene rings is 5. The number of hydrogen-bond donors (Lipinski definition) is 0. The van der Waals surface area contributed by atoms with Gasteiger partial charge in [0.25, 0.3) is 0 Å². The molecule has 0 saturated heterocycles. The third-order valence-corrected chi connectivity index (χ3v) is 6.90. The smallest absolute Gasteiger partial charge is 0.0622 e. The van der Waals surface area contributed by atoms with Crippen molar-refractivity contribution in [3.63, 3.8) is 0 Å². The zero-order valence-corrected chi connectivity index (χ0v) is 17.9. The minimum absolute atomic E-state index is 0.212. The van der Waals surface area contributed by atoms with Crippen LogP contribution in [0.15, 0.2) is 140 Å². The highest BCUT2D eigenvalue weighted by molar-refractivity contribution is 5.69. The zero-order valence-electron chi connectivity index (χ0n) is 17.9. The lowest BCUT2D eigenvalue weighted by molar-refractivity contribution is 0.681. The molecule has 0 radical (unpaired) electrons. The average molecular weight is 409 g/mol. The van der Waals surface area contributed by atoms with Crippen molar-refractivity contribution in [3.8, 4) is 0 Å². The molecule has 0 aromatic heterocycles. The molecule has 0 N–H and O–H groups in total. The molecule has 0 spiro atoms. The van der Waals surface area contributed by atoms with Gasteiger partial charge in [-0.15, -0.1) is 0 Å². The van der Waals surface area contributed by atoms with Gasteiger partial charge in [0.15, 0.2) is 0 Å². The molecule has 1 aliphatic carbocycles. The van der Waals surface area contributed by atoms with Gasteiger partial charge in [-0.1, -0.05) is 140 Å². The summed E-state index contributed by atoms with van der Waals surface area (Å²) in [6.45, 7) is 0. The van der Waals surface area contributed by atoms with Crippen LogP contribution in [0.2, 0.25) is 0 Å². The highest BCUT2D eigenvalue weighted by Crippen LogP contribution is 2.55. The fourth-order valence-electron chi connectivity index (χ4n) is 5.66. The predicted octanol–water partition coefficient (Wildman–Crippen LogP) is 7.56. The summed E-state index contributed by atoms with van der Waals surface area (Å²) < 4.78 is 0. The average Bonchev–Trinajstić information content (AvgIpc) is 2.89. The zero-order chi connectivity index (χ0) is 21.4. The standard InChI is InChI=1S/C32H24/c1-4-14-24(15-5-1)31-27-20-10-12-22-29(27)32(25-16-6-2-7-17-25,26-18-8-3-9-19-26)30-23-13-11-21-28(30)31/h1-23,31H. The molecule has 6 rings (SSSR count). The summed E-state index contributed by atoms with van der Waals surface area (Å²) >= 11 is 0. The molecule has 0 fully saturated rings. The molecule has 5 aromatic rings. The Hall–Kier alpha value is -3.90. The Morgan fingerprint density at radius 2 is 0.750 bits per heavy atom. The third-order valence-electron chi connectivity index (χ3n) is 6.90. The Morgan fingerprint density at radius 3 is 1.22 bits per heavy atom. The highest BCUT2D eigenvalue weighted by Gasteiger charge is 2.46. The van der Waals surface area contributed by atoms with E-state index in [9.17, 15) is 0 Å². The van der Waals surface area contributed by atoms with Gasteiger partial charge in [-0.25, -0.2) is 0 Å². The van der Waals surface area contributed by atoms with E-state index in [1.165, 1.54) is 38.9 Å². The lowest BCUT2D eigenvalue weighted by atomic mass is 9.57. The monoisotopic (exact) mass is 408 g/mol. The molecule has 0 atom stereocenters. The van der Waals surface area contributed by atoms with Crippen molar-refractivity contribution < 1.29 is 0 Å². The van der Waals surface area contributed by atoms with Crippen molar-refractivity contribution in [1.29, 1.82) is 0 Å². The second kappa shape index (κ2) is 7.66. The van der Waals surface area contributed by atoms with Crippen LogP contribution >= 0.6 is 0 Å². The number of fused-ring (bicyclic) bond motifs is 2. The Bertz CT molecular complexity index is 1260. The Labute approximate surface area is 189 Å². The van der Waals surface area contributed by atoms with Crippen molar-refractivity contribution in [1.82, 2.24) is 0 Å². The molecule has 0 amide bonds. The summed E-state index contributed by atoms with van der Waals surface area (Å²) in [5.74, 6) is 0.212. The molecular formula is C32H24. The first-order chi connectivity index (χ1) is 15.9. The van der Waals surface area contributed by atoms with Crippen LogP contribution in [0.3, 0.4) is 0 Å². The van der Waals surface area contributed by atoms with Crippen LogP contribution in [0.4, 0.5) is 0 Å². The first-order valence-corrected chi connectivity index (χ1v) is 11.3. The lowest BCUT2D eigenvalue weighted by Gasteiger charge is -2.45. The SMILES string of the molecule is c1ccc(C2c3ccccc3C(c3ccccc3)(c3ccccc3)c3ccccc32)cc1. The molecule has 0 aliphatic heterocycles. The van der Waals surface area contributed by atoms with E-state index in [4.69, 9.17) is 0 Å². The van der Waals surface area contributed by atoms with E-state index in [0.717, 1.165) is 0 Å². The fourth-order valence-corrected chi connectivity index (χ4v) is 5.66. The van der Waals surface area contributed by atoms with Gasteiger partial charge in [-0.05, 0) is 38.9 Å². The van der Waals surface area contributed by atoms with E-state index < -0.39 is 0 Å². The quantitative estimate of drug-likeness (QED) is 0.283. The molecule has 0 nitrogen and oxygen atoms in total. The summed E-state index contributed by atoms with van der Waals surface area (Å²) in [4.78, 5) is 0. The number of rotatable bonds is 3. The molecular weight excluding hydrogens is 384 g/mol. The predicted molar refractivity (Wildman–Crippen MR) is 132 cm³/mol. The van der Waals surface area contributed by atoms with E-state index in [0.29, 0.717) is 0 Å². The van der Waals surface area contributed by atoms with Crippen LogP contribution < -0.4 is 0 Å². The van der Waals surface area contributed by atoms with Gasteiger partial charge in [-0.2, -0.15) is 0 Å². The van der Waals surface area contributed by atoms with Gasteiger partial charge in [-0.3, -0.25) is 0 Å². The van der Waals surface area contributed by atoms with Crippen LogP contribution in [-0.2, 0) is 5.41 Å². The molecule has 0 unspecified atom stereocenters. The van der Waals surface area contributed by atoms with Crippen molar-refractivity contribution in [2.75, 3.05) is 0 Å². The summed E-state index contributed by atoms with van der Waals surface area (Å²) in [6.07, 6.45) is 0. The largest absolute Gasteiger partial charge is 0.0707 e. The Morgan fingerprint density at radius 1 is 0.375 bits per heavy atom. The first-order valence-electron chi connectivity index (χ1n) is 11.3. The molecule has 32 heavy (non-hydrogen) atoms. The van der Waals surface area contributed by atoms with Crippen LogP contribution in [0.1, 0.15) is 44.9 Å². The molecule has 0 bridgehead atoms. The summed E-state index contributed by atoms with van der Waals surface area (Å²) in [5.41, 5.74) is 9.07. The second-order valence-corrected chi connectivity index (χ2v) is 8.50. The molecule has 0 saturated carbocycles. The van der Waals surface area contributed by atoms with Crippen molar-refractivity contribution in [2.45, 2.75) is 11.3 Å². The van der Waals surface area contributed by atoms with Gasteiger partial charge in [0.05, 0.1) is 5.41 Å². The van der Waals surface area contributed by atoms with Gasteiger partial charge in [0.2, 0.25) is 0 Å². The Balaban J connectivity index is 1.78. The maximum atomic E-state index is 2.33. The van der Waals surface area contributed by atoms with Gasteiger partial charge >= 0.3 is 0 Å². The topological polar surface area (TPSA) is 0 Å². The summed E-state index contributed by atoms with van der Waals surface area (Å²) in [6, 6.07) is 51.0. The minimum atomic E-state index is -0.360. The third kappa shape index (κ3) is 2.70. The lowest BCUT2D eigenvalue weighted by Crippen LogP contribution is -2.37. The highest BCUT2D eigenvalue weighted by atomic mass is 14.5. The van der Waals surface area contributed by atoms with E-state index in [2.05, 4.69) is 140 Å². The fraction of sp³-hybridized carbons (Fsp3) is 0.0625. The molecule has 152 valence electrons.